The average molecular weight is 215 g/mol. The number of rotatable bonds is 4. The van der Waals surface area contributed by atoms with Crippen molar-refractivity contribution in [2.75, 3.05) is 6.54 Å². The maximum absolute atomic E-state index is 11.8. The van der Waals surface area contributed by atoms with Crippen LogP contribution in [0.1, 0.15) is 24.9 Å². The molecule has 2 heteroatoms. The molecule has 2 rings (SSSR count). The molecule has 84 valence electrons. The van der Waals surface area contributed by atoms with Gasteiger partial charge in [0.1, 0.15) is 0 Å². The lowest BCUT2D eigenvalue weighted by Crippen LogP contribution is -2.54. The first kappa shape index (κ1) is 10.9. The summed E-state index contributed by atoms with van der Waals surface area (Å²) in [5.74, 6) is 0.180. The fourth-order valence-corrected chi connectivity index (χ4v) is 2.33. The highest BCUT2D eigenvalue weighted by atomic mass is 16.2. The third-order valence-corrected chi connectivity index (χ3v) is 3.10. The summed E-state index contributed by atoms with van der Waals surface area (Å²) < 4.78 is 0. The number of hydrogen-bond donors (Lipinski definition) is 0. The largest absolute Gasteiger partial charge is 0.334 e. The number of carbonyl (C=O) groups excluding carboxylic acids is 1. The van der Waals surface area contributed by atoms with Gasteiger partial charge in [0, 0.05) is 6.54 Å². The first-order valence-electron chi connectivity index (χ1n) is 5.77. The summed E-state index contributed by atoms with van der Waals surface area (Å²) in [5.41, 5.74) is 1.21. The minimum atomic E-state index is -0.0334. The van der Waals surface area contributed by atoms with E-state index >= 15 is 0 Å². The van der Waals surface area contributed by atoms with E-state index in [1.807, 2.05) is 23.1 Å². The molecule has 2 atom stereocenters. The molecule has 0 unspecified atom stereocenters. The highest BCUT2D eigenvalue weighted by Gasteiger charge is 2.45. The van der Waals surface area contributed by atoms with Crippen molar-refractivity contribution in [1.29, 1.82) is 0 Å². The third-order valence-electron chi connectivity index (χ3n) is 3.10. The Morgan fingerprint density at radius 2 is 2.06 bits per heavy atom. The van der Waals surface area contributed by atoms with E-state index < -0.39 is 0 Å². The predicted molar refractivity (Wildman–Crippen MR) is 64.9 cm³/mol. The van der Waals surface area contributed by atoms with Crippen LogP contribution in [0.25, 0.3) is 0 Å². The third kappa shape index (κ3) is 1.64. The van der Waals surface area contributed by atoms with Crippen molar-refractivity contribution in [2.45, 2.75) is 19.4 Å². The summed E-state index contributed by atoms with van der Waals surface area (Å²) in [7, 11) is 0. The van der Waals surface area contributed by atoms with Gasteiger partial charge in [0.05, 0.1) is 12.0 Å². The standard InChI is InChI=1S/C14H17NO/c1-3-10-15-13(12(4-2)14(15)16)11-8-6-5-7-9-11/h4-9,12-13H,2-3,10H2,1H3/t12-,13-/m0/s1. The van der Waals surface area contributed by atoms with Crippen LogP contribution in [0.2, 0.25) is 0 Å². The Bertz CT molecular complexity index is 385. The zero-order chi connectivity index (χ0) is 11.5. The van der Waals surface area contributed by atoms with Gasteiger partial charge in [-0.25, -0.2) is 0 Å². The van der Waals surface area contributed by atoms with Gasteiger partial charge in [-0.3, -0.25) is 4.79 Å². The number of nitrogens with zero attached hydrogens (tertiary/aromatic N) is 1. The van der Waals surface area contributed by atoms with E-state index in [4.69, 9.17) is 0 Å². The molecule has 1 fully saturated rings. The van der Waals surface area contributed by atoms with Crippen LogP contribution in [0.3, 0.4) is 0 Å². The molecule has 0 radical (unpaired) electrons. The molecule has 1 aromatic rings. The summed E-state index contributed by atoms with van der Waals surface area (Å²) >= 11 is 0. The molecular weight excluding hydrogens is 198 g/mol. The highest BCUT2D eigenvalue weighted by molar-refractivity contribution is 5.88. The second-order valence-corrected chi connectivity index (χ2v) is 4.15. The Labute approximate surface area is 96.6 Å². The van der Waals surface area contributed by atoms with Crippen molar-refractivity contribution in [2.24, 2.45) is 5.92 Å². The number of amides is 1. The number of likely N-dealkylation sites (tertiary alicyclic amines) is 1. The van der Waals surface area contributed by atoms with Gasteiger partial charge in [-0.15, -0.1) is 6.58 Å². The van der Waals surface area contributed by atoms with E-state index in [0.717, 1.165) is 13.0 Å². The molecule has 0 saturated carbocycles. The Morgan fingerprint density at radius 3 is 2.62 bits per heavy atom. The maximum atomic E-state index is 11.8. The molecule has 2 nitrogen and oxygen atoms in total. The van der Waals surface area contributed by atoms with E-state index in [1.54, 1.807) is 6.08 Å². The summed E-state index contributed by atoms with van der Waals surface area (Å²) in [6, 6.07) is 10.4. The molecule has 1 saturated heterocycles. The van der Waals surface area contributed by atoms with Crippen LogP contribution in [0.15, 0.2) is 43.0 Å². The van der Waals surface area contributed by atoms with Crippen LogP contribution >= 0.6 is 0 Å². The first-order chi connectivity index (χ1) is 7.79. The van der Waals surface area contributed by atoms with E-state index in [1.165, 1.54) is 5.56 Å². The summed E-state index contributed by atoms with van der Waals surface area (Å²) in [5, 5.41) is 0. The van der Waals surface area contributed by atoms with Crippen LogP contribution in [0.5, 0.6) is 0 Å². The molecule has 0 aromatic heterocycles. The molecule has 1 aliphatic heterocycles. The SMILES string of the molecule is C=C[C@@H]1C(=O)N(CCC)[C@H]1c1ccccc1. The van der Waals surface area contributed by atoms with Crippen molar-refractivity contribution >= 4 is 5.91 Å². The van der Waals surface area contributed by atoms with Gasteiger partial charge in [0.2, 0.25) is 5.91 Å². The Kier molecular flexibility index (Phi) is 3.09. The lowest BCUT2D eigenvalue weighted by molar-refractivity contribution is -0.153. The van der Waals surface area contributed by atoms with Crippen LogP contribution in [0, 0.1) is 5.92 Å². The van der Waals surface area contributed by atoms with E-state index in [2.05, 4.69) is 25.6 Å². The van der Waals surface area contributed by atoms with Crippen LogP contribution < -0.4 is 0 Å². The molecule has 16 heavy (non-hydrogen) atoms. The minimum absolute atomic E-state index is 0.0334. The van der Waals surface area contributed by atoms with Crippen LogP contribution in [-0.4, -0.2) is 17.4 Å². The summed E-state index contributed by atoms with van der Waals surface area (Å²) in [6.45, 7) is 6.69. The van der Waals surface area contributed by atoms with Gasteiger partial charge in [-0.05, 0) is 12.0 Å². The number of benzene rings is 1. The fourth-order valence-electron chi connectivity index (χ4n) is 2.33. The van der Waals surface area contributed by atoms with Gasteiger partial charge >= 0.3 is 0 Å². The molecule has 1 aliphatic rings. The zero-order valence-electron chi connectivity index (χ0n) is 9.60. The molecule has 0 spiro atoms. The molecule has 0 N–H and O–H groups in total. The molecule has 0 bridgehead atoms. The van der Waals surface area contributed by atoms with Crippen molar-refractivity contribution < 1.29 is 4.79 Å². The maximum Gasteiger partial charge on any atom is 0.232 e. The average Bonchev–Trinajstić information content (AvgIpc) is 2.33. The summed E-state index contributed by atoms with van der Waals surface area (Å²) in [4.78, 5) is 13.8. The zero-order valence-corrected chi connectivity index (χ0v) is 9.60. The predicted octanol–water partition coefficient (Wildman–Crippen LogP) is 2.78. The van der Waals surface area contributed by atoms with E-state index in [0.29, 0.717) is 0 Å². The highest BCUT2D eigenvalue weighted by Crippen LogP contribution is 2.40. The van der Waals surface area contributed by atoms with Gasteiger partial charge in [-0.2, -0.15) is 0 Å². The molecular formula is C14H17NO. The first-order valence-corrected chi connectivity index (χ1v) is 5.77. The number of β-lactam (4-membered cyclic amide) rings is 1. The minimum Gasteiger partial charge on any atom is -0.334 e. The number of hydrogen-bond acceptors (Lipinski definition) is 1. The van der Waals surface area contributed by atoms with Crippen LogP contribution in [-0.2, 0) is 4.79 Å². The monoisotopic (exact) mass is 215 g/mol. The van der Waals surface area contributed by atoms with E-state index in [9.17, 15) is 4.79 Å². The normalized spacial score (nSPS) is 24.1. The van der Waals surface area contributed by atoms with Crippen molar-refractivity contribution in [3.63, 3.8) is 0 Å². The second-order valence-electron chi connectivity index (χ2n) is 4.15. The van der Waals surface area contributed by atoms with Crippen molar-refractivity contribution in [1.82, 2.24) is 4.90 Å². The van der Waals surface area contributed by atoms with Crippen molar-refractivity contribution in [3.05, 3.63) is 48.6 Å². The lowest BCUT2D eigenvalue weighted by Gasteiger charge is -2.46. The smallest absolute Gasteiger partial charge is 0.232 e. The lowest BCUT2D eigenvalue weighted by atomic mass is 9.82. The topological polar surface area (TPSA) is 20.3 Å². The van der Waals surface area contributed by atoms with Crippen molar-refractivity contribution in [3.8, 4) is 0 Å². The quantitative estimate of drug-likeness (QED) is 0.558. The Hall–Kier alpha value is -1.57. The molecule has 1 aromatic carbocycles. The molecule has 0 aliphatic carbocycles. The summed E-state index contributed by atoms with van der Waals surface area (Å²) in [6.07, 6.45) is 2.77. The number of carbonyl (C=O) groups is 1. The van der Waals surface area contributed by atoms with Crippen LogP contribution in [0.4, 0.5) is 0 Å². The molecule has 1 heterocycles. The Morgan fingerprint density at radius 1 is 1.38 bits per heavy atom. The Balaban J connectivity index is 2.23. The van der Waals surface area contributed by atoms with Gasteiger partial charge in [0.25, 0.3) is 0 Å². The van der Waals surface area contributed by atoms with Gasteiger partial charge in [0.15, 0.2) is 0 Å². The molecule has 1 amide bonds. The van der Waals surface area contributed by atoms with Gasteiger partial charge in [-0.1, -0.05) is 43.3 Å². The van der Waals surface area contributed by atoms with Gasteiger partial charge < -0.3 is 4.90 Å². The second kappa shape index (κ2) is 4.52. The fraction of sp³-hybridized carbons (Fsp3) is 0.357. The van der Waals surface area contributed by atoms with E-state index in [-0.39, 0.29) is 17.9 Å².